The third-order valence-electron chi connectivity index (χ3n) is 6.02. The number of hydrogen-bond donors (Lipinski definition) is 1. The lowest BCUT2D eigenvalue weighted by molar-refractivity contribution is -0.139. The molecule has 0 aliphatic rings. The molecule has 0 unspecified atom stereocenters. The number of hydrogen-bond acceptors (Lipinski definition) is 4. The second-order valence-corrected chi connectivity index (χ2v) is 12.1. The minimum absolute atomic E-state index is 0.0397. The van der Waals surface area contributed by atoms with Crippen LogP contribution in [0.1, 0.15) is 31.4 Å². The van der Waals surface area contributed by atoms with Gasteiger partial charge in [-0.15, -0.1) is 0 Å². The molecule has 3 aromatic rings. The van der Waals surface area contributed by atoms with E-state index in [2.05, 4.69) is 21.2 Å². The number of carbonyl (C=O) groups excluding carboxylic acids is 2. The molecule has 0 saturated heterocycles. The van der Waals surface area contributed by atoms with Crippen LogP contribution in [0.25, 0.3) is 0 Å². The van der Waals surface area contributed by atoms with Gasteiger partial charge in [0.05, 0.1) is 10.6 Å². The van der Waals surface area contributed by atoms with E-state index in [1.165, 1.54) is 17.0 Å². The molecule has 202 valence electrons. The first-order valence-corrected chi connectivity index (χ1v) is 14.8. The summed E-state index contributed by atoms with van der Waals surface area (Å²) in [5.74, 6) is -0.869. The Morgan fingerprint density at radius 1 is 1.00 bits per heavy atom. The second-order valence-electron chi connectivity index (χ2n) is 8.88. The average Bonchev–Trinajstić information content (AvgIpc) is 2.90. The quantitative estimate of drug-likeness (QED) is 0.305. The van der Waals surface area contributed by atoms with Crippen LogP contribution in [-0.2, 0) is 26.2 Å². The predicted octanol–water partition coefficient (Wildman–Crippen LogP) is 5.55. The third kappa shape index (κ3) is 7.36. The molecule has 0 saturated carbocycles. The molecule has 10 heteroatoms. The maximum Gasteiger partial charge on any atom is 0.264 e. The third-order valence-corrected chi connectivity index (χ3v) is 8.70. The van der Waals surface area contributed by atoms with Crippen molar-refractivity contribution in [1.29, 1.82) is 0 Å². The second kappa shape index (κ2) is 13.3. The van der Waals surface area contributed by atoms with E-state index in [1.54, 1.807) is 67.6 Å². The average molecular weight is 621 g/mol. The van der Waals surface area contributed by atoms with Crippen LogP contribution in [0.15, 0.2) is 82.2 Å². The minimum atomic E-state index is -4.11. The molecule has 0 radical (unpaired) electrons. The summed E-state index contributed by atoms with van der Waals surface area (Å²) in [6.07, 6.45) is 0.739. The maximum atomic E-state index is 13.8. The number of sulfonamides is 1. The highest BCUT2D eigenvalue weighted by molar-refractivity contribution is 9.10. The number of nitrogens with zero attached hydrogens (tertiary/aromatic N) is 2. The van der Waals surface area contributed by atoms with Gasteiger partial charge in [0.2, 0.25) is 11.8 Å². The zero-order valence-electron chi connectivity index (χ0n) is 21.5. The fourth-order valence-electron chi connectivity index (χ4n) is 3.76. The van der Waals surface area contributed by atoms with Crippen molar-refractivity contribution in [3.8, 4) is 0 Å². The van der Waals surface area contributed by atoms with Gasteiger partial charge in [0.25, 0.3) is 10.0 Å². The van der Waals surface area contributed by atoms with E-state index in [0.29, 0.717) is 22.8 Å². The Hall–Kier alpha value is -2.88. The molecule has 0 spiro atoms. The first kappa shape index (κ1) is 29.7. The molecule has 1 atom stereocenters. The first-order valence-electron chi connectivity index (χ1n) is 12.2. The standard InChI is InChI=1S/C28H31BrClN3O4S/c1-4-17-31-28(35)21(3)32(18-22-7-5-6-8-26(22)30)27(34)19-33(24-13-11-23(29)12-14-24)38(36,37)25-15-9-20(2)10-16-25/h5-16,21H,4,17-19H2,1-3H3,(H,31,35)/t21-/m0/s1. The Bertz CT molecular complexity index is 1370. The molecule has 0 aliphatic carbocycles. The molecular weight excluding hydrogens is 590 g/mol. The number of rotatable bonds is 11. The summed E-state index contributed by atoms with van der Waals surface area (Å²) in [7, 11) is -4.11. The topological polar surface area (TPSA) is 86.8 Å². The van der Waals surface area contributed by atoms with Crippen LogP contribution in [0.2, 0.25) is 5.02 Å². The lowest BCUT2D eigenvalue weighted by Gasteiger charge is -2.32. The van der Waals surface area contributed by atoms with Crippen molar-refractivity contribution in [2.45, 2.75) is 44.7 Å². The molecule has 0 fully saturated rings. The number of halogens is 2. The van der Waals surface area contributed by atoms with Crippen LogP contribution in [0.3, 0.4) is 0 Å². The van der Waals surface area contributed by atoms with Gasteiger partial charge in [0.1, 0.15) is 12.6 Å². The summed E-state index contributed by atoms with van der Waals surface area (Å²) in [5, 5.41) is 3.27. The van der Waals surface area contributed by atoms with Crippen molar-refractivity contribution in [2.75, 3.05) is 17.4 Å². The van der Waals surface area contributed by atoms with Crippen molar-refractivity contribution in [3.63, 3.8) is 0 Å². The Balaban J connectivity index is 2.02. The van der Waals surface area contributed by atoms with Gasteiger partial charge < -0.3 is 10.2 Å². The van der Waals surface area contributed by atoms with Gasteiger partial charge in [-0.25, -0.2) is 8.42 Å². The fraction of sp³-hybridized carbons (Fsp3) is 0.286. The summed E-state index contributed by atoms with van der Waals surface area (Å²) in [5.41, 5.74) is 1.88. The zero-order chi connectivity index (χ0) is 27.9. The molecular formula is C28H31BrClN3O4S. The number of carbonyl (C=O) groups is 2. The minimum Gasteiger partial charge on any atom is -0.354 e. The van der Waals surface area contributed by atoms with E-state index in [1.807, 2.05) is 13.8 Å². The van der Waals surface area contributed by atoms with Crippen LogP contribution in [0.4, 0.5) is 5.69 Å². The van der Waals surface area contributed by atoms with Gasteiger partial charge >= 0.3 is 0 Å². The molecule has 0 aliphatic heterocycles. The number of aryl methyl sites for hydroxylation is 1. The van der Waals surface area contributed by atoms with E-state index in [4.69, 9.17) is 11.6 Å². The van der Waals surface area contributed by atoms with Gasteiger partial charge in [-0.3, -0.25) is 13.9 Å². The summed E-state index contributed by atoms with van der Waals surface area (Å²) in [6.45, 7) is 5.42. The van der Waals surface area contributed by atoms with Gasteiger partial charge in [0, 0.05) is 22.6 Å². The Morgan fingerprint density at radius 3 is 2.24 bits per heavy atom. The largest absolute Gasteiger partial charge is 0.354 e. The van der Waals surface area contributed by atoms with Crippen LogP contribution in [-0.4, -0.2) is 44.3 Å². The van der Waals surface area contributed by atoms with E-state index in [9.17, 15) is 18.0 Å². The Kier molecular flexibility index (Phi) is 10.4. The number of benzene rings is 3. The molecule has 1 N–H and O–H groups in total. The van der Waals surface area contributed by atoms with E-state index >= 15 is 0 Å². The van der Waals surface area contributed by atoms with Gasteiger partial charge in [-0.1, -0.05) is 70.3 Å². The summed E-state index contributed by atoms with van der Waals surface area (Å²) < 4.78 is 29.4. The Labute approximate surface area is 238 Å². The molecule has 3 aromatic carbocycles. The van der Waals surface area contributed by atoms with E-state index in [0.717, 1.165) is 20.8 Å². The van der Waals surface area contributed by atoms with Crippen molar-refractivity contribution in [2.24, 2.45) is 0 Å². The van der Waals surface area contributed by atoms with Crippen LogP contribution in [0, 0.1) is 6.92 Å². The number of anilines is 1. The highest BCUT2D eigenvalue weighted by Crippen LogP contribution is 2.27. The molecule has 0 heterocycles. The summed E-state index contributed by atoms with van der Waals surface area (Å²) in [4.78, 5) is 28.2. The van der Waals surface area contributed by atoms with Gasteiger partial charge in [-0.05, 0) is 68.3 Å². The SMILES string of the molecule is CCCNC(=O)[C@H](C)N(Cc1ccccc1Cl)C(=O)CN(c1ccc(Br)cc1)S(=O)(=O)c1ccc(C)cc1. The van der Waals surface area contributed by atoms with Crippen molar-refractivity contribution < 1.29 is 18.0 Å². The lowest BCUT2D eigenvalue weighted by atomic mass is 10.1. The highest BCUT2D eigenvalue weighted by Gasteiger charge is 2.32. The highest BCUT2D eigenvalue weighted by atomic mass is 79.9. The molecule has 7 nitrogen and oxygen atoms in total. The molecule has 3 rings (SSSR count). The van der Waals surface area contributed by atoms with Crippen LogP contribution >= 0.6 is 27.5 Å². The maximum absolute atomic E-state index is 13.8. The van der Waals surface area contributed by atoms with Crippen LogP contribution < -0.4 is 9.62 Å². The van der Waals surface area contributed by atoms with Crippen molar-refractivity contribution in [3.05, 3.63) is 93.4 Å². The molecule has 0 aromatic heterocycles. The number of nitrogens with one attached hydrogen (secondary N) is 1. The fourth-order valence-corrected chi connectivity index (χ4v) is 5.64. The summed E-state index contributed by atoms with van der Waals surface area (Å²) in [6, 6.07) is 19.3. The Morgan fingerprint density at radius 2 is 1.63 bits per heavy atom. The van der Waals surface area contributed by atoms with Crippen molar-refractivity contribution in [1.82, 2.24) is 10.2 Å². The molecule has 38 heavy (non-hydrogen) atoms. The normalized spacial score (nSPS) is 12.0. The predicted molar refractivity (Wildman–Crippen MR) is 155 cm³/mol. The van der Waals surface area contributed by atoms with Crippen LogP contribution in [0.5, 0.6) is 0 Å². The monoisotopic (exact) mass is 619 g/mol. The smallest absolute Gasteiger partial charge is 0.264 e. The van der Waals surface area contributed by atoms with Crippen molar-refractivity contribution >= 4 is 55.1 Å². The van der Waals surface area contributed by atoms with E-state index in [-0.39, 0.29) is 17.3 Å². The lowest BCUT2D eigenvalue weighted by Crippen LogP contribution is -2.51. The molecule has 2 amide bonds. The number of amides is 2. The first-order chi connectivity index (χ1) is 18.0. The van der Waals surface area contributed by atoms with E-state index < -0.39 is 28.5 Å². The van der Waals surface area contributed by atoms with Gasteiger partial charge in [-0.2, -0.15) is 0 Å². The zero-order valence-corrected chi connectivity index (χ0v) is 24.7. The van der Waals surface area contributed by atoms with Gasteiger partial charge in [0.15, 0.2) is 0 Å². The summed E-state index contributed by atoms with van der Waals surface area (Å²) >= 11 is 9.74. The molecule has 0 bridgehead atoms.